The zero-order valence-electron chi connectivity index (χ0n) is 18.5. The van der Waals surface area contributed by atoms with Crippen LogP contribution in [0, 0.1) is 12.8 Å². The minimum absolute atomic E-state index is 0.0428. The van der Waals surface area contributed by atoms with Gasteiger partial charge in [0.15, 0.2) is 0 Å². The molecule has 4 rings (SSSR count). The standard InChI is InChI=1S/C24H29N3O3S2/c1-3-4-15-32(29,30)27-13-11-18(12-14-27)23(28)25-20-8-6-19(7-9-20)24-26-21-10-5-17(2)16-22(21)31-24/h5-10,16,18H,3-4,11-15H2,1-2H3,(H,25,28). The minimum Gasteiger partial charge on any atom is -0.326 e. The lowest BCUT2D eigenvalue weighted by Crippen LogP contribution is -2.42. The molecule has 2 heterocycles. The van der Waals surface area contributed by atoms with Gasteiger partial charge in [0.25, 0.3) is 0 Å². The Labute approximate surface area is 193 Å². The molecular weight excluding hydrogens is 442 g/mol. The van der Waals surface area contributed by atoms with Crippen LogP contribution >= 0.6 is 11.3 Å². The Morgan fingerprint density at radius 2 is 1.88 bits per heavy atom. The number of aryl methyl sites for hydroxylation is 1. The Kier molecular flexibility index (Phi) is 6.93. The number of unbranched alkanes of at least 4 members (excludes halogenated alkanes) is 1. The molecule has 170 valence electrons. The number of carbonyl (C=O) groups is 1. The van der Waals surface area contributed by atoms with Crippen LogP contribution in [0.4, 0.5) is 5.69 Å². The van der Waals surface area contributed by atoms with E-state index in [0.717, 1.165) is 28.2 Å². The molecule has 6 nitrogen and oxygen atoms in total. The molecule has 8 heteroatoms. The molecule has 1 fully saturated rings. The lowest BCUT2D eigenvalue weighted by molar-refractivity contribution is -0.120. The summed E-state index contributed by atoms with van der Waals surface area (Å²) < 4.78 is 27.4. The van der Waals surface area contributed by atoms with Gasteiger partial charge in [-0.2, -0.15) is 0 Å². The highest BCUT2D eigenvalue weighted by molar-refractivity contribution is 7.89. The van der Waals surface area contributed by atoms with E-state index in [4.69, 9.17) is 4.98 Å². The fourth-order valence-corrected chi connectivity index (χ4v) is 6.70. The summed E-state index contributed by atoms with van der Waals surface area (Å²) >= 11 is 1.66. The first kappa shape index (κ1) is 22.9. The Morgan fingerprint density at radius 3 is 2.56 bits per heavy atom. The third kappa shape index (κ3) is 5.19. The second-order valence-electron chi connectivity index (χ2n) is 8.40. The van der Waals surface area contributed by atoms with Gasteiger partial charge in [-0.15, -0.1) is 11.3 Å². The second-order valence-corrected chi connectivity index (χ2v) is 11.5. The van der Waals surface area contributed by atoms with Crippen molar-refractivity contribution in [1.29, 1.82) is 0 Å². The molecule has 1 saturated heterocycles. The number of piperidine rings is 1. The molecule has 0 aliphatic carbocycles. The van der Waals surface area contributed by atoms with Gasteiger partial charge in [-0.3, -0.25) is 4.79 Å². The van der Waals surface area contributed by atoms with E-state index >= 15 is 0 Å². The summed E-state index contributed by atoms with van der Waals surface area (Å²) in [6.07, 6.45) is 2.64. The first-order valence-electron chi connectivity index (χ1n) is 11.1. The van der Waals surface area contributed by atoms with Crippen LogP contribution in [0.2, 0.25) is 0 Å². The lowest BCUT2D eigenvalue weighted by atomic mass is 9.97. The van der Waals surface area contributed by atoms with Crippen LogP contribution in [0.1, 0.15) is 38.2 Å². The van der Waals surface area contributed by atoms with E-state index in [1.807, 2.05) is 37.3 Å². The van der Waals surface area contributed by atoms with Crippen molar-refractivity contribution < 1.29 is 13.2 Å². The van der Waals surface area contributed by atoms with Crippen molar-refractivity contribution in [2.45, 2.75) is 39.5 Å². The summed E-state index contributed by atoms with van der Waals surface area (Å²) in [5.41, 5.74) is 3.98. The summed E-state index contributed by atoms with van der Waals surface area (Å²) in [4.78, 5) is 17.4. The van der Waals surface area contributed by atoms with Gasteiger partial charge in [-0.25, -0.2) is 17.7 Å². The topological polar surface area (TPSA) is 79.4 Å². The largest absolute Gasteiger partial charge is 0.326 e. The van der Waals surface area contributed by atoms with Crippen LogP contribution in [-0.2, 0) is 14.8 Å². The summed E-state index contributed by atoms with van der Waals surface area (Å²) in [5.74, 6) is -0.0142. The number of sulfonamides is 1. The van der Waals surface area contributed by atoms with Crippen molar-refractivity contribution >= 4 is 43.2 Å². The number of nitrogens with zero attached hydrogens (tertiary/aromatic N) is 2. The van der Waals surface area contributed by atoms with E-state index in [-0.39, 0.29) is 17.6 Å². The SMILES string of the molecule is CCCCS(=O)(=O)N1CCC(C(=O)Nc2ccc(-c3nc4ccc(C)cc4s3)cc2)CC1. The first-order chi connectivity index (χ1) is 15.4. The quantitative estimate of drug-likeness (QED) is 0.523. The number of hydrogen-bond donors (Lipinski definition) is 1. The van der Waals surface area contributed by atoms with Crippen molar-refractivity contribution in [3.8, 4) is 10.6 Å². The highest BCUT2D eigenvalue weighted by Gasteiger charge is 2.30. The number of anilines is 1. The van der Waals surface area contributed by atoms with E-state index in [2.05, 4.69) is 24.4 Å². The average molecular weight is 472 g/mol. The fourth-order valence-electron chi connectivity index (χ4n) is 3.95. The zero-order valence-corrected chi connectivity index (χ0v) is 20.1. The summed E-state index contributed by atoms with van der Waals surface area (Å²) in [5, 5.41) is 3.95. The number of rotatable bonds is 7. The number of hydrogen-bond acceptors (Lipinski definition) is 5. The molecular formula is C24H29N3O3S2. The zero-order chi connectivity index (χ0) is 22.7. The third-order valence-corrected chi connectivity index (χ3v) is 8.94. The van der Waals surface area contributed by atoms with Gasteiger partial charge in [0, 0.05) is 30.3 Å². The Morgan fingerprint density at radius 1 is 1.16 bits per heavy atom. The molecule has 32 heavy (non-hydrogen) atoms. The monoisotopic (exact) mass is 471 g/mol. The molecule has 1 aromatic heterocycles. The molecule has 0 atom stereocenters. The van der Waals surface area contributed by atoms with Crippen molar-refractivity contribution in [2.24, 2.45) is 5.92 Å². The van der Waals surface area contributed by atoms with Crippen LogP contribution in [0.15, 0.2) is 42.5 Å². The number of carbonyl (C=O) groups excluding carboxylic acids is 1. The van der Waals surface area contributed by atoms with Crippen molar-refractivity contribution in [3.05, 3.63) is 48.0 Å². The van der Waals surface area contributed by atoms with E-state index < -0.39 is 10.0 Å². The van der Waals surface area contributed by atoms with Gasteiger partial charge in [-0.05, 0) is 68.1 Å². The molecule has 3 aromatic rings. The highest BCUT2D eigenvalue weighted by Crippen LogP contribution is 2.31. The van der Waals surface area contributed by atoms with Crippen molar-refractivity contribution in [2.75, 3.05) is 24.2 Å². The van der Waals surface area contributed by atoms with Crippen LogP contribution < -0.4 is 5.32 Å². The minimum atomic E-state index is -3.20. The van der Waals surface area contributed by atoms with E-state index in [1.165, 1.54) is 10.3 Å². The number of benzene rings is 2. The summed E-state index contributed by atoms with van der Waals surface area (Å²) in [6, 6.07) is 14.0. The van der Waals surface area contributed by atoms with E-state index in [9.17, 15) is 13.2 Å². The molecule has 1 aliphatic heterocycles. The van der Waals surface area contributed by atoms with Gasteiger partial charge < -0.3 is 5.32 Å². The first-order valence-corrected chi connectivity index (χ1v) is 13.5. The van der Waals surface area contributed by atoms with E-state index in [0.29, 0.717) is 32.4 Å². The van der Waals surface area contributed by atoms with Gasteiger partial charge in [0.05, 0.1) is 16.0 Å². The van der Waals surface area contributed by atoms with Crippen molar-refractivity contribution in [1.82, 2.24) is 9.29 Å². The summed E-state index contributed by atoms with van der Waals surface area (Å²) in [7, 11) is -3.20. The molecule has 0 spiro atoms. The molecule has 1 N–H and O–H groups in total. The molecule has 2 aromatic carbocycles. The molecule has 0 saturated carbocycles. The number of amides is 1. The molecule has 1 amide bonds. The lowest BCUT2D eigenvalue weighted by Gasteiger charge is -2.30. The van der Waals surface area contributed by atoms with Gasteiger partial charge in [0.2, 0.25) is 15.9 Å². The number of aromatic nitrogens is 1. The second kappa shape index (κ2) is 9.68. The molecule has 0 bridgehead atoms. The smallest absolute Gasteiger partial charge is 0.227 e. The maximum atomic E-state index is 12.7. The van der Waals surface area contributed by atoms with Gasteiger partial charge >= 0.3 is 0 Å². The predicted molar refractivity (Wildman–Crippen MR) is 131 cm³/mol. The van der Waals surface area contributed by atoms with Crippen LogP contribution in [0.3, 0.4) is 0 Å². The third-order valence-electron chi connectivity index (χ3n) is 5.92. The number of nitrogens with one attached hydrogen (secondary N) is 1. The van der Waals surface area contributed by atoms with Gasteiger partial charge in [-0.1, -0.05) is 19.4 Å². The number of fused-ring (bicyclic) bond motifs is 1. The molecule has 0 unspecified atom stereocenters. The Bertz CT molecular complexity index is 1190. The Hall–Kier alpha value is -2.29. The van der Waals surface area contributed by atoms with Crippen LogP contribution in [0.25, 0.3) is 20.8 Å². The number of thiazole rings is 1. The van der Waals surface area contributed by atoms with Crippen LogP contribution in [0.5, 0.6) is 0 Å². The maximum Gasteiger partial charge on any atom is 0.227 e. The molecule has 1 aliphatic rings. The molecule has 0 radical (unpaired) electrons. The van der Waals surface area contributed by atoms with E-state index in [1.54, 1.807) is 15.6 Å². The fraction of sp³-hybridized carbons (Fsp3) is 0.417. The predicted octanol–water partition coefficient (Wildman–Crippen LogP) is 5.05. The van der Waals surface area contributed by atoms with Crippen LogP contribution in [-0.4, -0.2) is 42.5 Å². The maximum absolute atomic E-state index is 12.7. The normalized spacial score (nSPS) is 15.8. The van der Waals surface area contributed by atoms with Crippen molar-refractivity contribution in [3.63, 3.8) is 0 Å². The highest BCUT2D eigenvalue weighted by atomic mass is 32.2. The van der Waals surface area contributed by atoms with Gasteiger partial charge in [0.1, 0.15) is 5.01 Å². The Balaban J connectivity index is 1.35. The summed E-state index contributed by atoms with van der Waals surface area (Å²) in [6.45, 7) is 4.89. The average Bonchev–Trinajstić information content (AvgIpc) is 3.21.